The van der Waals surface area contributed by atoms with Crippen molar-refractivity contribution < 1.29 is 42.3 Å². The van der Waals surface area contributed by atoms with Crippen LogP contribution in [0.25, 0.3) is 0 Å². The molecule has 0 radical (unpaired) electrons. The number of hydrogen-bond donors (Lipinski definition) is 1. The van der Waals surface area contributed by atoms with E-state index in [2.05, 4.69) is 0 Å². The number of carbonyl (C=O) groups excluding carboxylic acids is 1. The maximum Gasteiger partial charge on any atom is 0.416 e. The molecule has 182 valence electrons. The summed E-state index contributed by atoms with van der Waals surface area (Å²) in [5, 5.41) is 20.4. The number of carboxylic acid groups (broad SMARTS) is 1. The molecule has 0 bridgehead atoms. The number of aromatic carboxylic acids is 1. The van der Waals surface area contributed by atoms with Crippen LogP contribution >= 0.6 is 11.6 Å². The highest BCUT2D eigenvalue weighted by Gasteiger charge is 2.32. The summed E-state index contributed by atoms with van der Waals surface area (Å²) in [4.78, 5) is 35.4. The standard InChI is InChI=1S/C21H18ClF3N2O7/c1-4-5-16(34-20(30)26(2)3)13-9-15(27(31)32)12(19(28)29)10-18(13)33-17-7-6-11(8-14(17)22)21(23,24)25/h4-10,16H,1-3H3,(H,28,29). The Morgan fingerprint density at radius 1 is 1.21 bits per heavy atom. The van der Waals surface area contributed by atoms with Crippen molar-refractivity contribution in [3.8, 4) is 11.5 Å². The minimum absolute atomic E-state index is 0.138. The molecular weight excluding hydrogens is 485 g/mol. The molecule has 13 heteroatoms. The van der Waals surface area contributed by atoms with Crippen molar-refractivity contribution in [2.75, 3.05) is 14.1 Å². The van der Waals surface area contributed by atoms with Crippen LogP contribution in [0.5, 0.6) is 11.5 Å². The number of alkyl halides is 3. The summed E-state index contributed by atoms with van der Waals surface area (Å²) in [6.07, 6.45) is -3.95. The Morgan fingerprint density at radius 2 is 1.85 bits per heavy atom. The SMILES string of the molecule is CC=CC(OC(=O)N(C)C)c1cc([N+](=O)[O-])c(C(=O)O)cc1Oc1ccc(C(F)(F)F)cc1Cl. The third-order valence-corrected chi connectivity index (χ3v) is 4.60. The van der Waals surface area contributed by atoms with Crippen molar-refractivity contribution in [1.82, 2.24) is 4.90 Å². The number of amides is 1. The summed E-state index contributed by atoms with van der Waals surface area (Å²) in [6.45, 7) is 1.57. The Bertz CT molecular complexity index is 1150. The van der Waals surface area contributed by atoms with Crippen molar-refractivity contribution in [2.45, 2.75) is 19.2 Å². The third kappa shape index (κ3) is 6.16. The Hall–Kier alpha value is -3.80. The molecule has 1 unspecified atom stereocenters. The van der Waals surface area contributed by atoms with E-state index < -0.39 is 51.1 Å². The molecule has 0 saturated heterocycles. The molecule has 0 heterocycles. The molecule has 1 amide bonds. The van der Waals surface area contributed by atoms with Gasteiger partial charge in [-0.2, -0.15) is 13.2 Å². The van der Waals surface area contributed by atoms with Crippen LogP contribution in [0.4, 0.5) is 23.7 Å². The normalized spacial score (nSPS) is 12.3. The largest absolute Gasteiger partial charge is 0.477 e. The van der Waals surface area contributed by atoms with Crippen LogP contribution in [-0.4, -0.2) is 41.1 Å². The number of allylic oxidation sites excluding steroid dienone is 1. The Labute approximate surface area is 196 Å². The molecule has 1 N–H and O–H groups in total. The van der Waals surface area contributed by atoms with Crippen molar-refractivity contribution in [3.05, 3.63) is 74.3 Å². The molecule has 2 aromatic rings. The summed E-state index contributed by atoms with van der Waals surface area (Å²) < 4.78 is 49.7. The zero-order valence-electron chi connectivity index (χ0n) is 17.9. The maximum absolute atomic E-state index is 12.9. The highest BCUT2D eigenvalue weighted by Crippen LogP contribution is 2.41. The van der Waals surface area contributed by atoms with Crippen LogP contribution in [0, 0.1) is 10.1 Å². The molecule has 0 aliphatic heterocycles. The maximum atomic E-state index is 12.9. The van der Waals surface area contributed by atoms with E-state index in [1.54, 1.807) is 6.92 Å². The smallest absolute Gasteiger partial charge is 0.416 e. The Balaban J connectivity index is 2.71. The van der Waals surface area contributed by atoms with Gasteiger partial charge in [-0.05, 0) is 31.2 Å². The summed E-state index contributed by atoms with van der Waals surface area (Å²) in [6, 6.07) is 3.87. The van der Waals surface area contributed by atoms with Crippen LogP contribution in [0.3, 0.4) is 0 Å². The van der Waals surface area contributed by atoms with Crippen molar-refractivity contribution in [2.24, 2.45) is 0 Å². The molecule has 2 aromatic carbocycles. The number of nitro groups is 1. The number of nitro benzene ring substituents is 1. The van der Waals surface area contributed by atoms with Crippen molar-refractivity contribution in [3.63, 3.8) is 0 Å². The van der Waals surface area contributed by atoms with Crippen LogP contribution in [0.1, 0.15) is 34.5 Å². The third-order valence-electron chi connectivity index (χ3n) is 4.30. The molecule has 0 aromatic heterocycles. The number of carbonyl (C=O) groups is 2. The molecule has 0 fully saturated rings. The number of halogens is 4. The Kier molecular flexibility index (Phi) is 8.11. The summed E-state index contributed by atoms with van der Waals surface area (Å²) in [7, 11) is 2.79. The molecule has 1 atom stereocenters. The lowest BCUT2D eigenvalue weighted by molar-refractivity contribution is -0.385. The van der Waals surface area contributed by atoms with E-state index >= 15 is 0 Å². The second kappa shape index (κ2) is 10.4. The van der Waals surface area contributed by atoms with Gasteiger partial charge in [0, 0.05) is 31.8 Å². The van der Waals surface area contributed by atoms with E-state index in [-0.39, 0.29) is 17.1 Å². The fraction of sp³-hybridized carbons (Fsp3) is 0.238. The van der Waals surface area contributed by atoms with E-state index in [1.807, 2.05) is 0 Å². The molecule has 34 heavy (non-hydrogen) atoms. The van der Waals surface area contributed by atoms with Gasteiger partial charge in [0.05, 0.1) is 15.5 Å². The van der Waals surface area contributed by atoms with Gasteiger partial charge in [0.2, 0.25) is 0 Å². The van der Waals surface area contributed by atoms with Crippen LogP contribution in [-0.2, 0) is 10.9 Å². The minimum Gasteiger partial charge on any atom is -0.477 e. The molecular formula is C21H18ClF3N2O7. The van der Waals surface area contributed by atoms with Gasteiger partial charge in [-0.3, -0.25) is 10.1 Å². The van der Waals surface area contributed by atoms with E-state index in [0.717, 1.165) is 23.1 Å². The monoisotopic (exact) mass is 502 g/mol. The summed E-state index contributed by atoms with van der Waals surface area (Å²) in [5.74, 6) is -2.28. The van der Waals surface area contributed by atoms with Crippen LogP contribution < -0.4 is 4.74 Å². The topological polar surface area (TPSA) is 119 Å². The first-order valence-electron chi connectivity index (χ1n) is 9.37. The molecule has 2 rings (SSSR count). The lowest BCUT2D eigenvalue weighted by Crippen LogP contribution is -2.24. The predicted molar refractivity (Wildman–Crippen MR) is 114 cm³/mol. The zero-order valence-corrected chi connectivity index (χ0v) is 18.7. The minimum atomic E-state index is -4.67. The molecule has 0 aliphatic rings. The first-order chi connectivity index (χ1) is 15.8. The summed E-state index contributed by atoms with van der Waals surface area (Å²) in [5.41, 5.74) is -2.76. The summed E-state index contributed by atoms with van der Waals surface area (Å²) >= 11 is 5.93. The van der Waals surface area contributed by atoms with Crippen molar-refractivity contribution in [1.29, 1.82) is 0 Å². The fourth-order valence-electron chi connectivity index (χ4n) is 2.69. The van der Waals surface area contributed by atoms with Gasteiger partial charge in [-0.1, -0.05) is 17.7 Å². The first kappa shape index (κ1) is 26.5. The first-order valence-corrected chi connectivity index (χ1v) is 9.75. The predicted octanol–water partition coefficient (Wildman–Crippen LogP) is 6.07. The van der Waals surface area contributed by atoms with Gasteiger partial charge in [0.1, 0.15) is 17.1 Å². The molecule has 0 spiro atoms. The van der Waals surface area contributed by atoms with Gasteiger partial charge in [0.15, 0.2) is 6.10 Å². The second-order valence-electron chi connectivity index (χ2n) is 6.94. The van der Waals surface area contributed by atoms with Gasteiger partial charge >= 0.3 is 18.2 Å². The number of nitrogens with zero attached hydrogens (tertiary/aromatic N) is 2. The zero-order chi connectivity index (χ0) is 25.8. The molecule has 0 saturated carbocycles. The van der Waals surface area contributed by atoms with E-state index in [9.17, 15) is 38.0 Å². The van der Waals surface area contributed by atoms with E-state index in [1.165, 1.54) is 26.2 Å². The number of carboxylic acids is 1. The number of hydrogen-bond acceptors (Lipinski definition) is 6. The van der Waals surface area contributed by atoms with Gasteiger partial charge in [-0.15, -0.1) is 0 Å². The number of ether oxygens (including phenoxy) is 2. The quantitative estimate of drug-likeness (QED) is 0.277. The lowest BCUT2D eigenvalue weighted by atomic mass is 10.0. The van der Waals surface area contributed by atoms with Crippen LogP contribution in [0.2, 0.25) is 5.02 Å². The Morgan fingerprint density at radius 3 is 2.32 bits per heavy atom. The van der Waals surface area contributed by atoms with E-state index in [0.29, 0.717) is 12.1 Å². The van der Waals surface area contributed by atoms with Crippen LogP contribution in [0.15, 0.2) is 42.5 Å². The second-order valence-corrected chi connectivity index (χ2v) is 7.35. The highest BCUT2D eigenvalue weighted by atomic mass is 35.5. The number of benzene rings is 2. The highest BCUT2D eigenvalue weighted by molar-refractivity contribution is 6.32. The lowest BCUT2D eigenvalue weighted by Gasteiger charge is -2.21. The molecule has 0 aliphatic carbocycles. The average Bonchev–Trinajstić information content (AvgIpc) is 2.73. The van der Waals surface area contributed by atoms with Crippen molar-refractivity contribution >= 4 is 29.4 Å². The van der Waals surface area contributed by atoms with Gasteiger partial charge < -0.3 is 19.5 Å². The van der Waals surface area contributed by atoms with Gasteiger partial charge in [-0.25, -0.2) is 9.59 Å². The van der Waals surface area contributed by atoms with Gasteiger partial charge in [0.25, 0.3) is 5.69 Å². The van der Waals surface area contributed by atoms with E-state index in [4.69, 9.17) is 21.1 Å². The average molecular weight is 503 g/mol. The number of rotatable bonds is 7. The molecule has 9 nitrogen and oxygen atoms in total. The fourth-order valence-corrected chi connectivity index (χ4v) is 2.91.